The zero-order valence-electron chi connectivity index (χ0n) is 11.1. The summed E-state index contributed by atoms with van der Waals surface area (Å²) in [5.41, 5.74) is 1.04. The summed E-state index contributed by atoms with van der Waals surface area (Å²) >= 11 is 0. The Bertz CT molecular complexity index is 363. The standard InChI is InChI=1S/C13H21N3O2/c1-17-12(18-2)10-15-11-6-5-7-14-13(11)16-8-3-4-9-16/h5-7,12,15H,3-4,8-10H2,1-2H3. The third kappa shape index (κ3) is 3.11. The third-order valence-corrected chi connectivity index (χ3v) is 3.18. The van der Waals surface area contributed by atoms with Gasteiger partial charge in [0, 0.05) is 33.5 Å². The number of pyridine rings is 1. The predicted molar refractivity (Wildman–Crippen MR) is 72.0 cm³/mol. The van der Waals surface area contributed by atoms with E-state index in [0.717, 1.165) is 24.6 Å². The van der Waals surface area contributed by atoms with Crippen molar-refractivity contribution in [2.45, 2.75) is 19.1 Å². The fourth-order valence-corrected chi connectivity index (χ4v) is 2.17. The molecule has 0 saturated carbocycles. The summed E-state index contributed by atoms with van der Waals surface area (Å²) in [6, 6.07) is 3.99. The minimum Gasteiger partial charge on any atom is -0.377 e. The van der Waals surface area contributed by atoms with Gasteiger partial charge in [0.25, 0.3) is 0 Å². The molecule has 1 aromatic rings. The summed E-state index contributed by atoms with van der Waals surface area (Å²) in [6.07, 6.45) is 4.09. The Morgan fingerprint density at radius 2 is 2.06 bits per heavy atom. The van der Waals surface area contributed by atoms with E-state index < -0.39 is 0 Å². The molecule has 0 spiro atoms. The van der Waals surface area contributed by atoms with Gasteiger partial charge in [-0.15, -0.1) is 0 Å². The molecule has 0 bridgehead atoms. The highest BCUT2D eigenvalue weighted by Gasteiger charge is 2.17. The number of aromatic nitrogens is 1. The predicted octanol–water partition coefficient (Wildman–Crippen LogP) is 1.71. The quantitative estimate of drug-likeness (QED) is 0.780. The molecule has 0 aromatic carbocycles. The molecule has 18 heavy (non-hydrogen) atoms. The fourth-order valence-electron chi connectivity index (χ4n) is 2.17. The smallest absolute Gasteiger partial charge is 0.173 e. The lowest BCUT2D eigenvalue weighted by molar-refractivity contribution is -0.0914. The molecule has 1 fully saturated rings. The second-order valence-corrected chi connectivity index (χ2v) is 4.35. The zero-order chi connectivity index (χ0) is 12.8. The molecular formula is C13H21N3O2. The molecule has 1 saturated heterocycles. The molecule has 5 nitrogen and oxygen atoms in total. The van der Waals surface area contributed by atoms with Crippen LogP contribution in [0, 0.1) is 0 Å². The lowest BCUT2D eigenvalue weighted by Crippen LogP contribution is -2.26. The van der Waals surface area contributed by atoms with Crippen molar-refractivity contribution in [1.82, 2.24) is 4.98 Å². The van der Waals surface area contributed by atoms with Crippen LogP contribution in [0.25, 0.3) is 0 Å². The van der Waals surface area contributed by atoms with E-state index in [1.54, 1.807) is 14.2 Å². The van der Waals surface area contributed by atoms with E-state index in [4.69, 9.17) is 9.47 Å². The van der Waals surface area contributed by atoms with Crippen LogP contribution in [0.3, 0.4) is 0 Å². The zero-order valence-corrected chi connectivity index (χ0v) is 11.1. The van der Waals surface area contributed by atoms with Gasteiger partial charge in [0.15, 0.2) is 12.1 Å². The van der Waals surface area contributed by atoms with Gasteiger partial charge in [-0.05, 0) is 25.0 Å². The number of nitrogens with zero attached hydrogens (tertiary/aromatic N) is 2. The maximum absolute atomic E-state index is 5.17. The van der Waals surface area contributed by atoms with Gasteiger partial charge in [0.1, 0.15) is 0 Å². The normalized spacial score (nSPS) is 15.4. The van der Waals surface area contributed by atoms with Crippen LogP contribution in [-0.4, -0.2) is 45.1 Å². The first-order valence-electron chi connectivity index (χ1n) is 6.34. The number of rotatable bonds is 6. The van der Waals surface area contributed by atoms with Crippen LogP contribution in [0.5, 0.6) is 0 Å². The monoisotopic (exact) mass is 251 g/mol. The summed E-state index contributed by atoms with van der Waals surface area (Å²) in [5, 5.41) is 3.34. The summed E-state index contributed by atoms with van der Waals surface area (Å²) in [4.78, 5) is 6.79. The van der Waals surface area contributed by atoms with Gasteiger partial charge in [-0.1, -0.05) is 0 Å². The van der Waals surface area contributed by atoms with Crippen molar-refractivity contribution < 1.29 is 9.47 Å². The Morgan fingerprint density at radius 3 is 2.72 bits per heavy atom. The minimum atomic E-state index is -0.239. The van der Waals surface area contributed by atoms with E-state index in [0.29, 0.717) is 6.54 Å². The Morgan fingerprint density at radius 1 is 1.33 bits per heavy atom. The van der Waals surface area contributed by atoms with Crippen LogP contribution < -0.4 is 10.2 Å². The Labute approximate surface area is 108 Å². The summed E-state index contributed by atoms with van der Waals surface area (Å²) in [6.45, 7) is 2.78. The molecule has 0 unspecified atom stereocenters. The number of hydrogen-bond acceptors (Lipinski definition) is 5. The largest absolute Gasteiger partial charge is 0.377 e. The summed E-state index contributed by atoms with van der Waals surface area (Å²) in [7, 11) is 3.28. The van der Waals surface area contributed by atoms with Crippen LogP contribution in [0.15, 0.2) is 18.3 Å². The molecule has 0 atom stereocenters. The van der Waals surface area contributed by atoms with Crippen molar-refractivity contribution in [3.63, 3.8) is 0 Å². The van der Waals surface area contributed by atoms with Crippen molar-refractivity contribution in [1.29, 1.82) is 0 Å². The number of hydrogen-bond donors (Lipinski definition) is 1. The molecule has 5 heteroatoms. The number of methoxy groups -OCH3 is 2. The fraction of sp³-hybridized carbons (Fsp3) is 0.615. The van der Waals surface area contributed by atoms with Crippen molar-refractivity contribution in [3.8, 4) is 0 Å². The lowest BCUT2D eigenvalue weighted by Gasteiger charge is -2.21. The van der Waals surface area contributed by atoms with Crippen molar-refractivity contribution in [2.75, 3.05) is 44.1 Å². The first-order chi connectivity index (χ1) is 8.85. The highest BCUT2D eigenvalue weighted by Crippen LogP contribution is 2.25. The van der Waals surface area contributed by atoms with Gasteiger partial charge >= 0.3 is 0 Å². The van der Waals surface area contributed by atoms with E-state index in [-0.39, 0.29) is 6.29 Å². The van der Waals surface area contributed by atoms with E-state index in [1.807, 2.05) is 18.3 Å². The highest BCUT2D eigenvalue weighted by atomic mass is 16.7. The van der Waals surface area contributed by atoms with Crippen molar-refractivity contribution in [3.05, 3.63) is 18.3 Å². The van der Waals surface area contributed by atoms with Crippen LogP contribution in [0.1, 0.15) is 12.8 Å². The Balaban J connectivity index is 2.02. The molecule has 1 aromatic heterocycles. The number of anilines is 2. The highest BCUT2D eigenvalue weighted by molar-refractivity contribution is 5.65. The van der Waals surface area contributed by atoms with Gasteiger partial charge in [0.05, 0.1) is 12.2 Å². The van der Waals surface area contributed by atoms with E-state index in [2.05, 4.69) is 15.2 Å². The molecule has 2 heterocycles. The number of nitrogens with one attached hydrogen (secondary N) is 1. The van der Waals surface area contributed by atoms with Crippen LogP contribution >= 0.6 is 0 Å². The summed E-state index contributed by atoms with van der Waals surface area (Å²) in [5.74, 6) is 1.03. The van der Waals surface area contributed by atoms with E-state index in [9.17, 15) is 0 Å². The average molecular weight is 251 g/mol. The van der Waals surface area contributed by atoms with Gasteiger partial charge in [-0.3, -0.25) is 0 Å². The molecule has 0 radical (unpaired) electrons. The van der Waals surface area contributed by atoms with Gasteiger partial charge < -0.3 is 19.7 Å². The Kier molecular flexibility index (Phi) is 4.78. The molecule has 2 rings (SSSR count). The third-order valence-electron chi connectivity index (χ3n) is 3.18. The average Bonchev–Trinajstić information content (AvgIpc) is 2.94. The maximum atomic E-state index is 5.17. The first kappa shape index (κ1) is 13.1. The topological polar surface area (TPSA) is 46.6 Å². The van der Waals surface area contributed by atoms with Crippen molar-refractivity contribution >= 4 is 11.5 Å². The number of ether oxygens (including phenoxy) is 2. The lowest BCUT2D eigenvalue weighted by atomic mass is 10.3. The SMILES string of the molecule is COC(CNc1cccnc1N1CCCC1)OC. The molecule has 100 valence electrons. The second-order valence-electron chi connectivity index (χ2n) is 4.35. The van der Waals surface area contributed by atoms with Crippen molar-refractivity contribution in [2.24, 2.45) is 0 Å². The van der Waals surface area contributed by atoms with Gasteiger partial charge in [-0.2, -0.15) is 0 Å². The molecule has 1 aliphatic rings. The van der Waals surface area contributed by atoms with Crippen LogP contribution in [0.4, 0.5) is 11.5 Å². The van der Waals surface area contributed by atoms with Crippen LogP contribution in [-0.2, 0) is 9.47 Å². The van der Waals surface area contributed by atoms with E-state index >= 15 is 0 Å². The maximum Gasteiger partial charge on any atom is 0.173 e. The first-order valence-corrected chi connectivity index (χ1v) is 6.34. The second kappa shape index (κ2) is 6.56. The summed E-state index contributed by atoms with van der Waals surface area (Å²) < 4.78 is 10.3. The molecular weight excluding hydrogens is 230 g/mol. The molecule has 0 amide bonds. The molecule has 1 N–H and O–H groups in total. The van der Waals surface area contributed by atoms with Gasteiger partial charge in [-0.25, -0.2) is 4.98 Å². The molecule has 1 aliphatic heterocycles. The molecule has 0 aliphatic carbocycles. The Hall–Kier alpha value is -1.33. The van der Waals surface area contributed by atoms with Crippen LogP contribution in [0.2, 0.25) is 0 Å². The minimum absolute atomic E-state index is 0.239. The van der Waals surface area contributed by atoms with Gasteiger partial charge in [0.2, 0.25) is 0 Å². The van der Waals surface area contributed by atoms with E-state index in [1.165, 1.54) is 12.8 Å².